The van der Waals surface area contributed by atoms with Crippen LogP contribution in [0.25, 0.3) is 16.9 Å². The topological polar surface area (TPSA) is 89.3 Å². The smallest absolute Gasteiger partial charge is 0.253 e. The lowest BCUT2D eigenvalue weighted by atomic mass is 10.1. The quantitative estimate of drug-likeness (QED) is 0.356. The zero-order valence-corrected chi connectivity index (χ0v) is 22.0. The fraction of sp³-hybridized carbons (Fsp3) is 0.214. The van der Waals surface area contributed by atoms with Crippen molar-refractivity contribution in [3.63, 3.8) is 0 Å². The van der Waals surface area contributed by atoms with Gasteiger partial charge in [0.25, 0.3) is 5.91 Å². The molecule has 0 aliphatic carbocycles. The Kier molecular flexibility index (Phi) is 6.29. The molecule has 192 valence electrons. The summed E-state index contributed by atoms with van der Waals surface area (Å²) in [4.78, 5) is 28.1. The number of halogens is 2. The Morgan fingerprint density at radius 1 is 1.05 bits per heavy atom. The predicted molar refractivity (Wildman–Crippen MR) is 142 cm³/mol. The average molecular weight is 576 g/mol. The van der Waals surface area contributed by atoms with Crippen molar-refractivity contribution < 1.29 is 18.7 Å². The molecule has 8 nitrogen and oxygen atoms in total. The van der Waals surface area contributed by atoms with Gasteiger partial charge in [-0.25, -0.2) is 4.39 Å². The first kappa shape index (κ1) is 24.4. The zero-order chi connectivity index (χ0) is 26.4. The van der Waals surface area contributed by atoms with Crippen LogP contribution in [-0.2, 0) is 27.2 Å². The summed E-state index contributed by atoms with van der Waals surface area (Å²) in [7, 11) is 0. The normalized spacial score (nSPS) is 18.7. The number of hydrogen-bond acceptors (Lipinski definition) is 5. The molecule has 38 heavy (non-hydrogen) atoms. The van der Waals surface area contributed by atoms with Crippen molar-refractivity contribution in [1.29, 1.82) is 0 Å². The highest BCUT2D eigenvalue weighted by atomic mass is 79.9. The van der Waals surface area contributed by atoms with Gasteiger partial charge in [0.15, 0.2) is 6.23 Å². The number of anilines is 1. The largest absolute Gasteiger partial charge is 0.339 e. The number of benzene rings is 3. The van der Waals surface area contributed by atoms with E-state index < -0.39 is 12.3 Å². The van der Waals surface area contributed by atoms with E-state index in [-0.39, 0.29) is 17.6 Å². The van der Waals surface area contributed by atoms with Crippen molar-refractivity contribution in [1.82, 2.24) is 19.9 Å². The Balaban J connectivity index is 1.34. The predicted octanol–water partition coefficient (Wildman–Crippen LogP) is 4.82. The van der Waals surface area contributed by atoms with E-state index in [1.807, 2.05) is 42.5 Å². The number of aromatic nitrogens is 3. The lowest BCUT2D eigenvalue weighted by molar-refractivity contribution is -0.130. The van der Waals surface area contributed by atoms with Gasteiger partial charge in [-0.2, -0.15) is 4.80 Å². The minimum Gasteiger partial charge on any atom is -0.339 e. The van der Waals surface area contributed by atoms with Gasteiger partial charge in [0.1, 0.15) is 23.3 Å². The van der Waals surface area contributed by atoms with E-state index in [2.05, 4.69) is 21.2 Å². The maximum atomic E-state index is 13.7. The number of nitrogens with one attached hydrogen (secondary N) is 1. The molecule has 1 saturated heterocycles. The van der Waals surface area contributed by atoms with Crippen LogP contribution >= 0.6 is 15.9 Å². The van der Waals surface area contributed by atoms with Gasteiger partial charge in [-0.05, 0) is 79.1 Å². The van der Waals surface area contributed by atoms with E-state index in [4.69, 9.17) is 14.9 Å². The van der Waals surface area contributed by atoms with Crippen LogP contribution < -0.4 is 5.32 Å². The molecule has 6 rings (SSSR count). The second-order valence-electron chi connectivity index (χ2n) is 9.34. The molecule has 2 atom stereocenters. The molecule has 1 fully saturated rings. The minimum absolute atomic E-state index is 0.0173. The molecule has 2 aliphatic heterocycles. The van der Waals surface area contributed by atoms with Gasteiger partial charge in [0.2, 0.25) is 5.91 Å². The van der Waals surface area contributed by atoms with Crippen LogP contribution in [0.3, 0.4) is 0 Å². The second kappa shape index (κ2) is 9.77. The highest BCUT2D eigenvalue weighted by Gasteiger charge is 2.41. The molecule has 3 heterocycles. The molecule has 0 bridgehead atoms. The van der Waals surface area contributed by atoms with Gasteiger partial charge in [-0.1, -0.05) is 28.1 Å². The Morgan fingerprint density at radius 2 is 1.82 bits per heavy atom. The molecular formula is C28H23BrFN5O3. The molecule has 0 unspecified atom stereocenters. The van der Waals surface area contributed by atoms with Gasteiger partial charge in [-0.3, -0.25) is 9.59 Å². The second-order valence-corrected chi connectivity index (χ2v) is 10.3. The number of fused-ring (bicyclic) bond motifs is 1. The molecule has 4 aromatic rings. The molecule has 10 heteroatoms. The summed E-state index contributed by atoms with van der Waals surface area (Å²) >= 11 is 3.44. The summed E-state index contributed by atoms with van der Waals surface area (Å²) in [6, 6.07) is 19.4. The van der Waals surface area contributed by atoms with E-state index in [0.29, 0.717) is 36.3 Å². The van der Waals surface area contributed by atoms with E-state index in [1.165, 1.54) is 16.9 Å². The van der Waals surface area contributed by atoms with E-state index in [1.54, 1.807) is 24.0 Å². The molecule has 2 aliphatic rings. The lowest BCUT2D eigenvalue weighted by Gasteiger charge is -2.22. The maximum Gasteiger partial charge on any atom is 0.253 e. The Labute approximate surface area is 226 Å². The van der Waals surface area contributed by atoms with Gasteiger partial charge in [-0.15, -0.1) is 10.2 Å². The number of carbonyl (C=O) groups is 2. The van der Waals surface area contributed by atoms with Gasteiger partial charge >= 0.3 is 0 Å². The monoisotopic (exact) mass is 575 g/mol. The summed E-state index contributed by atoms with van der Waals surface area (Å²) < 4.78 is 20.7. The third-order valence-corrected chi connectivity index (χ3v) is 7.26. The minimum atomic E-state index is -0.764. The van der Waals surface area contributed by atoms with Gasteiger partial charge < -0.3 is 15.0 Å². The zero-order valence-electron chi connectivity index (χ0n) is 20.4. The molecule has 1 aromatic heterocycles. The fourth-order valence-corrected chi connectivity index (χ4v) is 5.05. The molecule has 1 N–H and O–H groups in total. The maximum absolute atomic E-state index is 13.7. The molecular weight excluding hydrogens is 553 g/mol. The molecule has 0 spiro atoms. The first-order chi connectivity index (χ1) is 18.4. The van der Waals surface area contributed by atoms with E-state index >= 15 is 0 Å². The van der Waals surface area contributed by atoms with Crippen LogP contribution in [0.15, 0.2) is 71.2 Å². The Morgan fingerprint density at radius 3 is 2.58 bits per heavy atom. The Bertz CT molecular complexity index is 1540. The highest BCUT2D eigenvalue weighted by molar-refractivity contribution is 9.10. The number of hydrogen-bond donors (Lipinski definition) is 1. The first-order valence-electron chi connectivity index (χ1n) is 12.2. The number of rotatable bonds is 6. The van der Waals surface area contributed by atoms with Crippen molar-refractivity contribution in [2.24, 2.45) is 0 Å². The number of ether oxygens (including phenoxy) is 1. The van der Waals surface area contributed by atoms with Crippen molar-refractivity contribution in [3.05, 3.63) is 93.8 Å². The van der Waals surface area contributed by atoms with Crippen molar-refractivity contribution >= 4 is 33.4 Å². The summed E-state index contributed by atoms with van der Waals surface area (Å²) in [5, 5.41) is 12.3. The van der Waals surface area contributed by atoms with Gasteiger partial charge in [0, 0.05) is 22.3 Å². The summed E-state index contributed by atoms with van der Waals surface area (Å²) in [5.41, 5.74) is 5.18. The summed E-state index contributed by atoms with van der Waals surface area (Å²) in [5.74, 6) is -0.517. The molecule has 3 aromatic carbocycles. The van der Waals surface area contributed by atoms with Crippen molar-refractivity contribution in [2.75, 3.05) is 11.9 Å². The summed E-state index contributed by atoms with van der Waals surface area (Å²) in [6.07, 6.45) is -0.485. The molecule has 2 amide bonds. The fourth-order valence-electron chi connectivity index (χ4n) is 4.79. The van der Waals surface area contributed by atoms with Crippen molar-refractivity contribution in [3.8, 4) is 16.9 Å². The number of nitrogens with zero attached hydrogens (tertiary/aromatic N) is 4. The van der Waals surface area contributed by atoms with Crippen LogP contribution in [0.5, 0.6) is 0 Å². The van der Waals surface area contributed by atoms with Crippen LogP contribution in [0.4, 0.5) is 10.1 Å². The highest BCUT2D eigenvalue weighted by Crippen LogP contribution is 2.36. The SMILES string of the molecule is C[C@H]1O[C@@H](c2nn(-c3ccc(Br)cc3)nc2-c2ccc(F)cc2)N(CCc2ccc3c(c2)CC(=O)N3)C1=O. The van der Waals surface area contributed by atoms with Crippen LogP contribution in [0, 0.1) is 5.82 Å². The van der Waals surface area contributed by atoms with Crippen LogP contribution in [-0.4, -0.2) is 44.4 Å². The Hall–Kier alpha value is -3.89. The van der Waals surface area contributed by atoms with Crippen molar-refractivity contribution in [2.45, 2.75) is 32.1 Å². The van der Waals surface area contributed by atoms with E-state index in [9.17, 15) is 14.0 Å². The lowest BCUT2D eigenvalue weighted by Crippen LogP contribution is -2.32. The molecule has 0 saturated carbocycles. The number of carbonyl (C=O) groups excluding carboxylic acids is 2. The van der Waals surface area contributed by atoms with Crippen LogP contribution in [0.2, 0.25) is 0 Å². The van der Waals surface area contributed by atoms with Crippen LogP contribution in [0.1, 0.15) is 30.0 Å². The third kappa shape index (κ3) is 4.61. The first-order valence-corrected chi connectivity index (χ1v) is 13.0. The summed E-state index contributed by atoms with van der Waals surface area (Å²) in [6.45, 7) is 2.11. The van der Waals surface area contributed by atoms with E-state index in [0.717, 1.165) is 27.0 Å². The molecule has 0 radical (unpaired) electrons. The average Bonchev–Trinajstić information content (AvgIpc) is 3.58. The number of amides is 2. The standard InChI is InChI=1S/C28H23BrFN5O3/c1-16-27(37)34(13-12-17-2-11-23-19(14-17)15-24(36)31-23)28(38-16)26-25(18-3-7-21(30)8-4-18)32-35(33-26)22-9-5-20(29)6-10-22/h2-11,14,16,28H,12-13,15H2,1H3,(H,31,36)/t16-,28+/m1/s1. The third-order valence-electron chi connectivity index (χ3n) is 6.73. The van der Waals surface area contributed by atoms with Gasteiger partial charge in [0.05, 0.1) is 12.1 Å².